The van der Waals surface area contributed by atoms with Crippen LogP contribution in [0.15, 0.2) is 0 Å². The van der Waals surface area contributed by atoms with Gasteiger partial charge in [-0.15, -0.1) is 0 Å². The Morgan fingerprint density at radius 2 is 1.81 bits per heavy atom. The van der Waals surface area contributed by atoms with Crippen LogP contribution in [0.2, 0.25) is 15.1 Å². The number of hydrogen-bond donors (Lipinski definition) is 0. The number of nitriles is 1. The van der Waals surface area contributed by atoms with Gasteiger partial charge >= 0.3 is 5.97 Å². The Morgan fingerprint density at radius 1 is 1.25 bits per heavy atom. The molecule has 0 saturated heterocycles. The highest BCUT2D eigenvalue weighted by Gasteiger charge is 2.24. The first-order valence-electron chi connectivity index (χ1n) is 3.85. The lowest BCUT2D eigenvalue weighted by molar-refractivity contribution is 0.0750. The number of carbonyl (C=O) groups excluding carboxylic acids is 1. The van der Waals surface area contributed by atoms with E-state index in [-0.39, 0.29) is 31.8 Å². The standard InChI is InChI=1S/C9H3Cl4NO2/c1-3-4(2-14)6(10)8(12)7(11)5(3)9(15)16-13/h1H3. The van der Waals surface area contributed by atoms with Gasteiger partial charge in [0.15, 0.2) is 0 Å². The van der Waals surface area contributed by atoms with Crippen molar-refractivity contribution in [1.82, 2.24) is 0 Å². The van der Waals surface area contributed by atoms with Crippen molar-refractivity contribution < 1.29 is 9.08 Å². The lowest BCUT2D eigenvalue weighted by Gasteiger charge is -2.10. The first-order valence-corrected chi connectivity index (χ1v) is 5.30. The summed E-state index contributed by atoms with van der Waals surface area (Å²) in [5.74, 6) is -0.890. The van der Waals surface area contributed by atoms with Crippen LogP contribution in [-0.4, -0.2) is 5.97 Å². The van der Waals surface area contributed by atoms with Crippen LogP contribution in [0.5, 0.6) is 0 Å². The molecule has 3 nitrogen and oxygen atoms in total. The maximum atomic E-state index is 11.3. The molecule has 16 heavy (non-hydrogen) atoms. The molecule has 0 heterocycles. The van der Waals surface area contributed by atoms with E-state index in [1.165, 1.54) is 6.92 Å². The van der Waals surface area contributed by atoms with E-state index in [9.17, 15) is 4.79 Å². The number of halogens is 4. The third kappa shape index (κ3) is 2.07. The zero-order valence-corrected chi connectivity index (χ0v) is 10.8. The van der Waals surface area contributed by atoms with E-state index < -0.39 is 5.97 Å². The predicted molar refractivity (Wildman–Crippen MR) is 62.2 cm³/mol. The lowest BCUT2D eigenvalue weighted by Crippen LogP contribution is -2.05. The summed E-state index contributed by atoms with van der Waals surface area (Å²) in [6.45, 7) is 1.50. The van der Waals surface area contributed by atoms with E-state index in [2.05, 4.69) is 4.29 Å². The third-order valence-corrected chi connectivity index (χ3v) is 3.43. The van der Waals surface area contributed by atoms with Crippen molar-refractivity contribution in [2.45, 2.75) is 6.92 Å². The molecule has 84 valence electrons. The van der Waals surface area contributed by atoms with Crippen LogP contribution in [-0.2, 0) is 4.29 Å². The third-order valence-electron chi connectivity index (χ3n) is 1.96. The summed E-state index contributed by atoms with van der Waals surface area (Å²) in [5, 5.41) is 8.70. The van der Waals surface area contributed by atoms with Crippen LogP contribution in [0, 0.1) is 18.3 Å². The fraction of sp³-hybridized carbons (Fsp3) is 0.111. The molecule has 0 saturated carbocycles. The number of benzene rings is 1. The van der Waals surface area contributed by atoms with Gasteiger partial charge in [-0.3, -0.25) is 0 Å². The van der Waals surface area contributed by atoms with Crippen molar-refractivity contribution in [3.05, 3.63) is 31.8 Å². The molecule has 0 spiro atoms. The van der Waals surface area contributed by atoms with Gasteiger partial charge in [0.1, 0.15) is 17.9 Å². The zero-order valence-electron chi connectivity index (χ0n) is 7.78. The van der Waals surface area contributed by atoms with E-state index in [0.29, 0.717) is 0 Å². The van der Waals surface area contributed by atoms with Crippen LogP contribution in [0.25, 0.3) is 0 Å². The average molecular weight is 299 g/mol. The van der Waals surface area contributed by atoms with Crippen molar-refractivity contribution in [3.63, 3.8) is 0 Å². The van der Waals surface area contributed by atoms with E-state index in [1.807, 2.05) is 6.07 Å². The van der Waals surface area contributed by atoms with Gasteiger partial charge in [-0.25, -0.2) is 4.79 Å². The van der Waals surface area contributed by atoms with Gasteiger partial charge in [0, 0.05) is 0 Å². The van der Waals surface area contributed by atoms with Crippen molar-refractivity contribution in [2.75, 3.05) is 0 Å². The normalized spacial score (nSPS) is 9.75. The summed E-state index contributed by atoms with van der Waals surface area (Å²) >= 11 is 22.3. The Morgan fingerprint density at radius 3 is 2.25 bits per heavy atom. The average Bonchev–Trinajstić information content (AvgIpc) is 2.27. The van der Waals surface area contributed by atoms with Gasteiger partial charge in [0.05, 0.1) is 26.2 Å². The second kappa shape index (κ2) is 5.11. The fourth-order valence-corrected chi connectivity index (χ4v) is 2.09. The smallest absolute Gasteiger partial charge is 0.343 e. The molecular formula is C9H3Cl4NO2. The van der Waals surface area contributed by atoms with Gasteiger partial charge in [-0.05, 0) is 12.5 Å². The Labute approximate surface area is 112 Å². The molecule has 0 amide bonds. The molecule has 1 rings (SSSR count). The summed E-state index contributed by atoms with van der Waals surface area (Å²) in [4.78, 5) is 11.3. The molecule has 0 aliphatic carbocycles. The quantitative estimate of drug-likeness (QED) is 0.732. The minimum Gasteiger partial charge on any atom is -0.343 e. The molecule has 7 heteroatoms. The summed E-state index contributed by atoms with van der Waals surface area (Å²) in [6.07, 6.45) is 0. The second-order valence-electron chi connectivity index (χ2n) is 2.79. The number of rotatable bonds is 1. The Balaban J connectivity index is 3.70. The molecule has 0 fully saturated rings. The summed E-state index contributed by atoms with van der Waals surface area (Å²) in [7, 11) is 0. The SMILES string of the molecule is Cc1c(C#N)c(Cl)c(Cl)c(Cl)c1C(=O)OCl. The molecule has 0 atom stereocenters. The van der Waals surface area contributed by atoms with E-state index in [1.54, 1.807) is 0 Å². The number of nitrogens with zero attached hydrogens (tertiary/aromatic N) is 1. The Kier molecular flexibility index (Phi) is 4.28. The zero-order chi connectivity index (χ0) is 12.5. The molecule has 1 aromatic carbocycles. The van der Waals surface area contributed by atoms with E-state index in [4.69, 9.17) is 51.9 Å². The van der Waals surface area contributed by atoms with Crippen LogP contribution in [0.1, 0.15) is 21.5 Å². The topological polar surface area (TPSA) is 50.1 Å². The largest absolute Gasteiger partial charge is 0.358 e. The Hall–Kier alpha value is -0.660. The summed E-state index contributed by atoms with van der Waals surface area (Å²) in [5.41, 5.74) is 0.267. The van der Waals surface area contributed by atoms with Gasteiger partial charge in [-0.2, -0.15) is 5.26 Å². The molecule has 0 aromatic heterocycles. The van der Waals surface area contributed by atoms with Crippen LogP contribution in [0.4, 0.5) is 0 Å². The fourth-order valence-electron chi connectivity index (χ4n) is 1.18. The molecule has 0 radical (unpaired) electrons. The van der Waals surface area contributed by atoms with Gasteiger partial charge in [0.2, 0.25) is 0 Å². The molecule has 0 aliphatic rings. The summed E-state index contributed by atoms with van der Waals surface area (Å²) in [6, 6.07) is 1.83. The van der Waals surface area contributed by atoms with Crippen molar-refractivity contribution in [2.24, 2.45) is 0 Å². The first-order chi connectivity index (χ1) is 7.45. The highest BCUT2D eigenvalue weighted by molar-refractivity contribution is 6.49. The number of carbonyl (C=O) groups is 1. The van der Waals surface area contributed by atoms with Crippen molar-refractivity contribution in [3.8, 4) is 6.07 Å². The maximum absolute atomic E-state index is 11.3. The monoisotopic (exact) mass is 297 g/mol. The van der Waals surface area contributed by atoms with Crippen LogP contribution in [0.3, 0.4) is 0 Å². The molecule has 0 unspecified atom stereocenters. The highest BCUT2D eigenvalue weighted by Crippen LogP contribution is 2.38. The second-order valence-corrected chi connectivity index (χ2v) is 4.08. The molecule has 1 aromatic rings. The van der Waals surface area contributed by atoms with Crippen molar-refractivity contribution in [1.29, 1.82) is 5.26 Å². The van der Waals surface area contributed by atoms with Gasteiger partial charge in [0.25, 0.3) is 0 Å². The van der Waals surface area contributed by atoms with Crippen molar-refractivity contribution >= 4 is 52.6 Å². The van der Waals surface area contributed by atoms with Gasteiger partial charge < -0.3 is 4.29 Å². The highest BCUT2D eigenvalue weighted by atomic mass is 35.5. The molecular weight excluding hydrogens is 296 g/mol. The van der Waals surface area contributed by atoms with Crippen LogP contribution >= 0.6 is 46.7 Å². The first kappa shape index (κ1) is 13.4. The molecule has 0 bridgehead atoms. The minimum atomic E-state index is -0.890. The van der Waals surface area contributed by atoms with Crippen LogP contribution < -0.4 is 0 Å². The minimum absolute atomic E-state index is 0.00205. The lowest BCUT2D eigenvalue weighted by atomic mass is 10.0. The Bertz CT molecular complexity index is 507. The predicted octanol–water partition coefficient (Wildman–Crippen LogP) is 4.14. The van der Waals surface area contributed by atoms with E-state index >= 15 is 0 Å². The number of hydrogen-bond acceptors (Lipinski definition) is 3. The molecule has 0 N–H and O–H groups in total. The van der Waals surface area contributed by atoms with E-state index in [0.717, 1.165) is 0 Å². The maximum Gasteiger partial charge on any atom is 0.358 e. The van der Waals surface area contributed by atoms with Gasteiger partial charge in [-0.1, -0.05) is 34.8 Å². The molecule has 0 aliphatic heterocycles. The summed E-state index contributed by atoms with van der Waals surface area (Å²) < 4.78 is 4.03.